The number of alkyl halides is 3. The van der Waals surface area contributed by atoms with Crippen LogP contribution in [0.4, 0.5) is 17.6 Å². The maximum absolute atomic E-state index is 15.9. The summed E-state index contributed by atoms with van der Waals surface area (Å²) in [6, 6.07) is 18.3. The van der Waals surface area contributed by atoms with Gasteiger partial charge in [0.2, 0.25) is 11.4 Å². The van der Waals surface area contributed by atoms with Gasteiger partial charge in [-0.2, -0.15) is 27.4 Å². The van der Waals surface area contributed by atoms with Gasteiger partial charge in [0.25, 0.3) is 0 Å². The van der Waals surface area contributed by atoms with E-state index in [0.29, 0.717) is 42.0 Å². The molecule has 1 aliphatic carbocycles. The van der Waals surface area contributed by atoms with E-state index < -0.39 is 17.3 Å². The topological polar surface area (TPSA) is 25.6 Å². The summed E-state index contributed by atoms with van der Waals surface area (Å²) < 4.78 is 63.2. The Morgan fingerprint density at radius 3 is 2.67 bits per heavy atom. The Hall–Kier alpha value is -4.33. The molecule has 2 aliphatic heterocycles. The molecule has 0 radical (unpaired) electrons. The fraction of sp³-hybridized carbons (Fsp3) is 0.265. The molecule has 5 aromatic rings. The molecule has 8 rings (SSSR count). The molecular formula is C34H28F4N4+2. The summed E-state index contributed by atoms with van der Waals surface area (Å²) in [6.07, 6.45) is 0.453. The summed E-state index contributed by atoms with van der Waals surface area (Å²) in [4.78, 5) is 0. The van der Waals surface area contributed by atoms with Crippen LogP contribution in [0.3, 0.4) is 0 Å². The number of fused-ring (bicyclic) bond motifs is 6. The lowest BCUT2D eigenvalue weighted by atomic mass is 9.65. The van der Waals surface area contributed by atoms with E-state index in [1.165, 1.54) is 4.68 Å². The number of benzene rings is 2. The molecule has 5 heterocycles. The first-order valence-corrected chi connectivity index (χ1v) is 14.2. The van der Waals surface area contributed by atoms with E-state index in [9.17, 15) is 13.2 Å². The number of nitrogens with zero attached hydrogens (tertiary/aromatic N) is 4. The van der Waals surface area contributed by atoms with Crippen molar-refractivity contribution in [1.82, 2.24) is 9.78 Å². The minimum absolute atomic E-state index is 0.0353. The number of allylic oxidation sites excluding steroid dienone is 1. The Labute approximate surface area is 240 Å². The number of pyridine rings is 2. The lowest BCUT2D eigenvalue weighted by Gasteiger charge is -2.40. The number of hydrogen-bond donors (Lipinski definition) is 0. The van der Waals surface area contributed by atoms with E-state index in [2.05, 4.69) is 54.5 Å². The number of rotatable bonds is 0. The van der Waals surface area contributed by atoms with Gasteiger partial charge in [-0.3, -0.25) is 0 Å². The Morgan fingerprint density at radius 2 is 1.86 bits per heavy atom. The molecule has 0 N–H and O–H groups in total. The Kier molecular flexibility index (Phi) is 5.06. The average Bonchev–Trinajstić information content (AvgIpc) is 3.42. The first kappa shape index (κ1) is 25.4. The average molecular weight is 569 g/mol. The third-order valence-corrected chi connectivity index (χ3v) is 9.58. The lowest BCUT2D eigenvalue weighted by molar-refractivity contribution is -0.721. The largest absolute Gasteiger partial charge is 0.435 e. The van der Waals surface area contributed by atoms with Crippen LogP contribution in [0.1, 0.15) is 61.0 Å². The molecule has 0 saturated carbocycles. The molecule has 3 aliphatic rings. The molecule has 0 saturated heterocycles. The van der Waals surface area contributed by atoms with Crippen LogP contribution in [0.25, 0.3) is 39.1 Å². The smallest absolute Gasteiger partial charge is 0.231 e. The van der Waals surface area contributed by atoms with Crippen LogP contribution in [-0.4, -0.2) is 9.78 Å². The quantitative estimate of drug-likeness (QED) is 0.142. The highest BCUT2D eigenvalue weighted by molar-refractivity contribution is 6.01. The van der Waals surface area contributed by atoms with Crippen LogP contribution in [0.15, 0.2) is 79.6 Å². The summed E-state index contributed by atoms with van der Waals surface area (Å²) in [5.74, 6) is -0.257. The van der Waals surface area contributed by atoms with E-state index in [0.717, 1.165) is 39.2 Å². The predicted molar refractivity (Wildman–Crippen MR) is 151 cm³/mol. The first-order chi connectivity index (χ1) is 20.1. The first-order valence-electron chi connectivity index (χ1n) is 14.2. The maximum atomic E-state index is 15.9. The van der Waals surface area contributed by atoms with E-state index in [-0.39, 0.29) is 17.8 Å². The standard InChI is InChI=1S/C34H28F4N4/c1-19-17-26-21(13-15-40-14-5-4-9-25(40)27-18-28(34(36,37)38)39-42(19)27)22-10-11-24(35)31-30(22)32-29-20(12-16-41(26)32)7-6-8-23(29)33(31,2)3/h4-12,14,16,18,21,26H,1,13,15,17H2,2-3H3/q+2. The van der Waals surface area contributed by atoms with E-state index in [4.69, 9.17) is 0 Å². The van der Waals surface area contributed by atoms with Crippen LogP contribution < -0.4 is 9.13 Å². The molecule has 2 aromatic carbocycles. The zero-order valence-corrected chi connectivity index (χ0v) is 23.2. The fourth-order valence-electron chi connectivity index (χ4n) is 7.73. The molecule has 4 nitrogen and oxygen atoms in total. The summed E-state index contributed by atoms with van der Waals surface area (Å²) in [5.41, 5.74) is 4.75. The molecule has 0 fully saturated rings. The van der Waals surface area contributed by atoms with Gasteiger partial charge in [0.1, 0.15) is 18.1 Å². The molecule has 2 unspecified atom stereocenters. The van der Waals surface area contributed by atoms with Crippen molar-refractivity contribution in [2.45, 2.75) is 56.8 Å². The van der Waals surface area contributed by atoms with Gasteiger partial charge in [0.05, 0.1) is 23.3 Å². The van der Waals surface area contributed by atoms with Gasteiger partial charge in [-0.15, -0.1) is 0 Å². The second kappa shape index (κ2) is 8.37. The SMILES string of the molecule is C=C1CC2C(CC[n+]3ccccc3-c3cc(C(F)(F)F)nn31)c1ccc(F)c3c1-c1c4c(cccc4cc[n+]12)C3(C)C. The number of aromatic nitrogens is 4. The molecule has 42 heavy (non-hydrogen) atoms. The maximum Gasteiger partial charge on any atom is 0.435 e. The van der Waals surface area contributed by atoms with Crippen molar-refractivity contribution in [1.29, 1.82) is 0 Å². The normalized spacial score (nSPS) is 20.1. The number of hydrogen-bond acceptors (Lipinski definition) is 1. The summed E-state index contributed by atoms with van der Waals surface area (Å²) in [5, 5.41) is 6.22. The molecule has 3 aromatic heterocycles. The number of aryl methyl sites for hydroxylation is 1. The van der Waals surface area contributed by atoms with Gasteiger partial charge >= 0.3 is 6.18 Å². The van der Waals surface area contributed by atoms with Gasteiger partial charge in [0.15, 0.2) is 24.1 Å². The third-order valence-electron chi connectivity index (χ3n) is 9.58. The van der Waals surface area contributed by atoms with Crippen LogP contribution in [-0.2, 0) is 18.1 Å². The van der Waals surface area contributed by atoms with E-state index >= 15 is 4.39 Å². The van der Waals surface area contributed by atoms with Gasteiger partial charge in [-0.05, 0) is 28.6 Å². The summed E-state index contributed by atoms with van der Waals surface area (Å²) in [6.45, 7) is 9.04. The van der Waals surface area contributed by atoms with Crippen molar-refractivity contribution in [2.24, 2.45) is 0 Å². The molecule has 0 bridgehead atoms. The molecule has 0 spiro atoms. The van der Waals surface area contributed by atoms with Crippen molar-refractivity contribution in [3.05, 3.63) is 108 Å². The van der Waals surface area contributed by atoms with Crippen LogP contribution >= 0.6 is 0 Å². The molecule has 8 heteroatoms. The number of halogens is 4. The highest BCUT2D eigenvalue weighted by atomic mass is 19.4. The minimum Gasteiger partial charge on any atom is -0.231 e. The van der Waals surface area contributed by atoms with Gasteiger partial charge < -0.3 is 0 Å². The van der Waals surface area contributed by atoms with Crippen LogP contribution in [0.2, 0.25) is 0 Å². The van der Waals surface area contributed by atoms with E-state index in [1.54, 1.807) is 6.07 Å². The van der Waals surface area contributed by atoms with Crippen molar-refractivity contribution >= 4 is 16.5 Å². The molecule has 2 atom stereocenters. The van der Waals surface area contributed by atoms with Crippen molar-refractivity contribution in [3.63, 3.8) is 0 Å². The van der Waals surface area contributed by atoms with E-state index in [1.807, 2.05) is 41.1 Å². The second-order valence-corrected chi connectivity index (χ2v) is 12.2. The molecule has 210 valence electrons. The van der Waals surface area contributed by atoms with Gasteiger partial charge in [0, 0.05) is 47.4 Å². The van der Waals surface area contributed by atoms with Crippen molar-refractivity contribution in [3.8, 4) is 22.6 Å². The highest BCUT2D eigenvalue weighted by Crippen LogP contribution is 2.54. The Morgan fingerprint density at radius 1 is 1.02 bits per heavy atom. The fourth-order valence-corrected chi connectivity index (χ4v) is 7.73. The third kappa shape index (κ3) is 3.32. The molecule has 0 amide bonds. The second-order valence-electron chi connectivity index (χ2n) is 12.2. The van der Waals surface area contributed by atoms with Crippen LogP contribution in [0.5, 0.6) is 0 Å². The molecular weight excluding hydrogens is 540 g/mol. The monoisotopic (exact) mass is 568 g/mol. The lowest BCUT2D eigenvalue weighted by Crippen LogP contribution is -2.51. The summed E-state index contributed by atoms with van der Waals surface area (Å²) >= 11 is 0. The van der Waals surface area contributed by atoms with Crippen LogP contribution in [0, 0.1) is 5.82 Å². The zero-order chi connectivity index (χ0) is 29.1. The summed E-state index contributed by atoms with van der Waals surface area (Å²) in [7, 11) is 0. The Bertz CT molecular complexity index is 1980. The predicted octanol–water partition coefficient (Wildman–Crippen LogP) is 7.35. The van der Waals surface area contributed by atoms with Gasteiger partial charge in [-0.25, -0.2) is 9.07 Å². The van der Waals surface area contributed by atoms with Crippen molar-refractivity contribution < 1.29 is 26.7 Å². The minimum atomic E-state index is -4.59. The zero-order valence-electron chi connectivity index (χ0n) is 23.2. The highest BCUT2D eigenvalue weighted by Gasteiger charge is 2.49. The Balaban J connectivity index is 1.41. The van der Waals surface area contributed by atoms with Crippen molar-refractivity contribution in [2.75, 3.05) is 0 Å². The van der Waals surface area contributed by atoms with Gasteiger partial charge in [-0.1, -0.05) is 44.7 Å².